The van der Waals surface area contributed by atoms with E-state index in [1.54, 1.807) is 17.9 Å². The van der Waals surface area contributed by atoms with E-state index in [9.17, 15) is 23.1 Å². The number of pyridine rings is 1. The van der Waals surface area contributed by atoms with Gasteiger partial charge in [-0.2, -0.15) is 18.3 Å². The van der Waals surface area contributed by atoms with Crippen molar-refractivity contribution in [2.24, 2.45) is 0 Å². The van der Waals surface area contributed by atoms with Crippen LogP contribution in [0.2, 0.25) is 0 Å². The second-order valence-corrected chi connectivity index (χ2v) is 7.69. The van der Waals surface area contributed by atoms with Gasteiger partial charge in [-0.3, -0.25) is 9.48 Å². The predicted octanol–water partition coefficient (Wildman–Crippen LogP) is 4.23. The van der Waals surface area contributed by atoms with Gasteiger partial charge in [-0.1, -0.05) is 0 Å². The third-order valence-corrected chi connectivity index (χ3v) is 5.66. The lowest BCUT2D eigenvalue weighted by Gasteiger charge is -2.15. The zero-order valence-electron chi connectivity index (χ0n) is 16.8. The van der Waals surface area contributed by atoms with Crippen molar-refractivity contribution < 1.29 is 23.1 Å². The molecule has 1 amide bonds. The Morgan fingerprint density at radius 1 is 1.23 bits per heavy atom. The van der Waals surface area contributed by atoms with Crippen LogP contribution in [0.3, 0.4) is 0 Å². The number of rotatable bonds is 2. The number of phenols is 1. The number of nitrogens with zero attached hydrogens (tertiary/aromatic N) is 4. The first-order valence-electron chi connectivity index (χ1n) is 9.59. The minimum atomic E-state index is -4.54. The molecule has 2 aromatic heterocycles. The molecular formula is C21H21F3N4O2. The molecule has 0 saturated carbocycles. The van der Waals surface area contributed by atoms with Crippen LogP contribution in [0.4, 0.5) is 13.2 Å². The van der Waals surface area contributed by atoms with Gasteiger partial charge in [0.25, 0.3) is 0 Å². The molecule has 1 N–H and O–H groups in total. The summed E-state index contributed by atoms with van der Waals surface area (Å²) in [4.78, 5) is 17.9. The van der Waals surface area contributed by atoms with E-state index in [1.807, 2.05) is 17.7 Å². The summed E-state index contributed by atoms with van der Waals surface area (Å²) in [7, 11) is 0. The van der Waals surface area contributed by atoms with Crippen LogP contribution in [0.1, 0.15) is 36.2 Å². The summed E-state index contributed by atoms with van der Waals surface area (Å²) in [5.74, 6) is -0.446. The maximum atomic E-state index is 13.0. The van der Waals surface area contributed by atoms with Crippen LogP contribution in [0, 0.1) is 13.8 Å². The average Bonchev–Trinajstić information content (AvgIpc) is 3.25. The number of aryl methyl sites for hydroxylation is 2. The number of hydrogen-bond acceptors (Lipinski definition) is 4. The molecule has 1 unspecified atom stereocenters. The fourth-order valence-electron chi connectivity index (χ4n) is 4.10. The van der Waals surface area contributed by atoms with Crippen LogP contribution < -0.4 is 0 Å². The Morgan fingerprint density at radius 3 is 2.57 bits per heavy atom. The van der Waals surface area contributed by atoms with Gasteiger partial charge in [-0.15, -0.1) is 0 Å². The Labute approximate surface area is 170 Å². The topological polar surface area (TPSA) is 71.2 Å². The molecule has 1 saturated heterocycles. The number of benzene rings is 1. The molecule has 0 aliphatic carbocycles. The summed E-state index contributed by atoms with van der Waals surface area (Å²) >= 11 is 0. The molecule has 4 rings (SSSR count). The van der Waals surface area contributed by atoms with Crippen LogP contribution in [0.15, 0.2) is 24.3 Å². The van der Waals surface area contributed by atoms with Crippen LogP contribution in [-0.2, 0) is 11.0 Å². The van der Waals surface area contributed by atoms with Crippen LogP contribution in [-0.4, -0.2) is 43.8 Å². The SMILES string of the molecule is CC(=O)N1CCC(n2nc3nc(-c4c(C)cc(C(F)(F)F)cc4O)ccc3c2C)C1. The van der Waals surface area contributed by atoms with Crippen LogP contribution >= 0.6 is 0 Å². The first-order chi connectivity index (χ1) is 14.1. The lowest BCUT2D eigenvalue weighted by atomic mass is 10.00. The number of carbonyl (C=O) groups excluding carboxylic acids is 1. The van der Waals surface area contributed by atoms with Gasteiger partial charge in [-0.05, 0) is 50.1 Å². The molecule has 1 fully saturated rings. The van der Waals surface area contributed by atoms with Crippen LogP contribution in [0.5, 0.6) is 5.75 Å². The van der Waals surface area contributed by atoms with Gasteiger partial charge >= 0.3 is 6.18 Å². The van der Waals surface area contributed by atoms with Crippen molar-refractivity contribution >= 4 is 16.9 Å². The van der Waals surface area contributed by atoms with Crippen LogP contribution in [0.25, 0.3) is 22.3 Å². The molecule has 9 heteroatoms. The molecular weight excluding hydrogens is 397 g/mol. The molecule has 0 bridgehead atoms. The van der Waals surface area contributed by atoms with E-state index >= 15 is 0 Å². The lowest BCUT2D eigenvalue weighted by molar-refractivity contribution is -0.137. The van der Waals surface area contributed by atoms with Crippen molar-refractivity contribution in [1.29, 1.82) is 0 Å². The predicted molar refractivity (Wildman–Crippen MR) is 105 cm³/mol. The molecule has 30 heavy (non-hydrogen) atoms. The second kappa shape index (κ2) is 7.00. The van der Waals surface area contributed by atoms with Gasteiger partial charge in [0.15, 0.2) is 5.65 Å². The van der Waals surface area contributed by atoms with Gasteiger partial charge in [0.05, 0.1) is 17.3 Å². The monoisotopic (exact) mass is 418 g/mol. The van der Waals surface area contributed by atoms with E-state index in [4.69, 9.17) is 0 Å². The normalized spacial score (nSPS) is 17.1. The molecule has 158 valence electrons. The minimum absolute atomic E-state index is 0.0283. The number of alkyl halides is 3. The Kier molecular flexibility index (Phi) is 4.71. The molecule has 1 aliphatic heterocycles. The highest BCUT2D eigenvalue weighted by Crippen LogP contribution is 2.39. The zero-order chi connectivity index (χ0) is 21.8. The number of carbonyl (C=O) groups is 1. The number of halogens is 3. The second-order valence-electron chi connectivity index (χ2n) is 7.69. The summed E-state index contributed by atoms with van der Waals surface area (Å²) in [6, 6.07) is 5.25. The van der Waals surface area contributed by atoms with E-state index < -0.39 is 17.5 Å². The number of fused-ring (bicyclic) bond motifs is 1. The maximum Gasteiger partial charge on any atom is 0.416 e. The largest absolute Gasteiger partial charge is 0.507 e. The number of aromatic hydroxyl groups is 1. The van der Waals surface area contributed by atoms with Gasteiger partial charge in [0.1, 0.15) is 5.75 Å². The van der Waals surface area contributed by atoms with E-state index in [0.29, 0.717) is 30.5 Å². The summed E-state index contributed by atoms with van der Waals surface area (Å²) in [6.45, 7) is 6.23. The molecule has 3 heterocycles. The third kappa shape index (κ3) is 3.38. The third-order valence-electron chi connectivity index (χ3n) is 5.66. The molecule has 1 aliphatic rings. The number of phenolic OH excluding ortho intramolecular Hbond substituents is 1. The van der Waals surface area contributed by atoms with Crippen molar-refractivity contribution in [3.05, 3.63) is 41.1 Å². The highest BCUT2D eigenvalue weighted by molar-refractivity contribution is 5.83. The van der Waals surface area contributed by atoms with Crippen molar-refractivity contribution in [2.45, 2.75) is 39.4 Å². The van der Waals surface area contributed by atoms with E-state index in [-0.39, 0.29) is 23.1 Å². The van der Waals surface area contributed by atoms with Gasteiger partial charge in [0.2, 0.25) is 5.91 Å². The quantitative estimate of drug-likeness (QED) is 0.676. The van der Waals surface area contributed by atoms with Gasteiger partial charge in [0, 0.05) is 36.7 Å². The molecule has 3 aromatic rings. The number of amides is 1. The summed E-state index contributed by atoms with van der Waals surface area (Å²) in [5.41, 5.74) is 1.34. The summed E-state index contributed by atoms with van der Waals surface area (Å²) in [5, 5.41) is 15.7. The van der Waals surface area contributed by atoms with E-state index in [1.165, 1.54) is 6.92 Å². The zero-order valence-corrected chi connectivity index (χ0v) is 16.8. The average molecular weight is 418 g/mol. The summed E-state index contributed by atoms with van der Waals surface area (Å²) < 4.78 is 40.9. The highest BCUT2D eigenvalue weighted by Gasteiger charge is 2.32. The first kappa shape index (κ1) is 20.2. The van der Waals surface area contributed by atoms with Crippen molar-refractivity contribution in [3.8, 4) is 17.0 Å². The molecule has 1 atom stereocenters. The Morgan fingerprint density at radius 2 is 1.97 bits per heavy atom. The van der Waals surface area contributed by atoms with E-state index in [2.05, 4.69) is 10.1 Å². The highest BCUT2D eigenvalue weighted by atomic mass is 19.4. The van der Waals surface area contributed by atoms with E-state index in [0.717, 1.165) is 23.6 Å². The molecule has 1 aromatic carbocycles. The lowest BCUT2D eigenvalue weighted by Crippen LogP contribution is -2.26. The molecule has 6 nitrogen and oxygen atoms in total. The standard InChI is InChI=1S/C21H21F3N4O2/c1-11-8-14(21(22,23)24)9-18(30)19(11)17-5-4-16-12(2)28(26-20(16)25-17)15-6-7-27(10-15)13(3)29/h4-5,8-9,15,30H,6-7,10H2,1-3H3. The number of aromatic nitrogens is 3. The Balaban J connectivity index is 1.74. The first-order valence-corrected chi connectivity index (χ1v) is 9.59. The molecule has 0 spiro atoms. The van der Waals surface area contributed by atoms with Crippen molar-refractivity contribution in [2.75, 3.05) is 13.1 Å². The van der Waals surface area contributed by atoms with Crippen molar-refractivity contribution in [3.63, 3.8) is 0 Å². The van der Waals surface area contributed by atoms with Gasteiger partial charge in [-0.25, -0.2) is 4.98 Å². The summed E-state index contributed by atoms with van der Waals surface area (Å²) in [6.07, 6.45) is -3.75. The smallest absolute Gasteiger partial charge is 0.416 e. The number of likely N-dealkylation sites (tertiary alicyclic amines) is 1. The molecule has 0 radical (unpaired) electrons. The minimum Gasteiger partial charge on any atom is -0.507 e. The number of hydrogen-bond donors (Lipinski definition) is 1. The van der Waals surface area contributed by atoms with Crippen molar-refractivity contribution in [1.82, 2.24) is 19.7 Å². The fraction of sp³-hybridized carbons (Fsp3) is 0.381. The Bertz CT molecular complexity index is 1130. The maximum absolute atomic E-state index is 13.0. The fourth-order valence-corrected chi connectivity index (χ4v) is 4.10. The van der Waals surface area contributed by atoms with Gasteiger partial charge < -0.3 is 10.0 Å². The Hall–Kier alpha value is -3.10.